The second kappa shape index (κ2) is 12.8. The predicted octanol–water partition coefficient (Wildman–Crippen LogP) is 5.22. The molecule has 1 saturated heterocycles. The molecule has 3 aliphatic rings. The molecule has 0 spiro atoms. The number of carbonyl (C=O) groups is 2. The molecule has 0 radical (unpaired) electrons. The van der Waals surface area contributed by atoms with E-state index in [2.05, 4.69) is 58.9 Å². The monoisotopic (exact) mass is 597 g/mol. The molecule has 2 fully saturated rings. The van der Waals surface area contributed by atoms with E-state index >= 15 is 0 Å². The molecule has 0 bridgehead atoms. The van der Waals surface area contributed by atoms with Crippen molar-refractivity contribution in [3.63, 3.8) is 0 Å². The number of rotatable bonds is 7. The molecule has 3 aromatic rings. The van der Waals surface area contributed by atoms with Gasteiger partial charge in [0.25, 0.3) is 11.8 Å². The Bertz CT molecular complexity index is 1590. The third-order valence-corrected chi connectivity index (χ3v) is 10.0. The summed E-state index contributed by atoms with van der Waals surface area (Å²) in [5.41, 5.74) is 8.24. The highest BCUT2D eigenvalue weighted by molar-refractivity contribution is 6.06. The van der Waals surface area contributed by atoms with Crippen LogP contribution in [-0.4, -0.2) is 98.6 Å². The summed E-state index contributed by atoms with van der Waals surface area (Å²) < 4.78 is 8.04. The summed E-state index contributed by atoms with van der Waals surface area (Å²) >= 11 is 0. The predicted molar refractivity (Wildman–Crippen MR) is 177 cm³/mol. The highest BCUT2D eigenvalue weighted by Crippen LogP contribution is 2.48. The van der Waals surface area contributed by atoms with Crippen molar-refractivity contribution < 1.29 is 14.3 Å². The summed E-state index contributed by atoms with van der Waals surface area (Å²) in [4.78, 5) is 34.0. The zero-order valence-corrected chi connectivity index (χ0v) is 27.0. The largest absolute Gasteiger partial charge is 0.497 e. The van der Waals surface area contributed by atoms with E-state index in [1.165, 1.54) is 35.9 Å². The number of benzene rings is 2. The molecule has 8 nitrogen and oxygen atoms in total. The van der Waals surface area contributed by atoms with Crippen LogP contribution in [0.25, 0.3) is 27.7 Å². The third kappa shape index (κ3) is 5.66. The van der Waals surface area contributed by atoms with Crippen molar-refractivity contribution in [2.24, 2.45) is 0 Å². The van der Waals surface area contributed by atoms with E-state index in [1.807, 2.05) is 23.1 Å². The number of carbonyl (C=O) groups excluding carboxylic acids is 2. The highest BCUT2D eigenvalue weighted by atomic mass is 16.5. The van der Waals surface area contributed by atoms with Gasteiger partial charge in [-0.2, -0.15) is 0 Å². The summed E-state index contributed by atoms with van der Waals surface area (Å²) in [7, 11) is 7.57. The lowest BCUT2D eigenvalue weighted by atomic mass is 9.81. The van der Waals surface area contributed by atoms with Crippen molar-refractivity contribution >= 4 is 28.3 Å². The number of hydrogen-bond donors (Lipinski definition) is 1. The van der Waals surface area contributed by atoms with Crippen LogP contribution in [0.3, 0.4) is 0 Å². The quantitative estimate of drug-likeness (QED) is 0.405. The molecule has 0 atom stereocenters. The van der Waals surface area contributed by atoms with Crippen LogP contribution in [0, 0.1) is 0 Å². The molecular weight excluding hydrogens is 550 g/mol. The van der Waals surface area contributed by atoms with Crippen LogP contribution in [0.2, 0.25) is 0 Å². The number of aromatic nitrogens is 1. The summed E-state index contributed by atoms with van der Waals surface area (Å²) in [5, 5.41) is 3.99. The van der Waals surface area contributed by atoms with Gasteiger partial charge in [0, 0.05) is 73.9 Å². The van der Waals surface area contributed by atoms with Crippen LogP contribution in [0.4, 0.5) is 0 Å². The fourth-order valence-electron chi connectivity index (χ4n) is 7.46. The molecule has 6 rings (SSSR count). The Hall–Kier alpha value is -3.62. The van der Waals surface area contributed by atoms with Crippen LogP contribution >= 0.6 is 0 Å². The lowest BCUT2D eigenvalue weighted by molar-refractivity contribution is -0.129. The molecule has 44 heavy (non-hydrogen) atoms. The number of ether oxygens (including phenoxy) is 1. The summed E-state index contributed by atoms with van der Waals surface area (Å²) in [6.07, 6.45) is 6.05. The molecule has 234 valence electrons. The first-order valence-electron chi connectivity index (χ1n) is 16.2. The molecule has 2 aromatic carbocycles. The van der Waals surface area contributed by atoms with Crippen molar-refractivity contribution in [2.75, 3.05) is 67.5 Å². The highest BCUT2D eigenvalue weighted by Gasteiger charge is 2.33. The summed E-state index contributed by atoms with van der Waals surface area (Å²) in [6.45, 7) is 7.82. The van der Waals surface area contributed by atoms with Gasteiger partial charge in [0.2, 0.25) is 0 Å². The molecule has 1 saturated carbocycles. The van der Waals surface area contributed by atoms with Gasteiger partial charge >= 0.3 is 0 Å². The van der Waals surface area contributed by atoms with E-state index < -0.39 is 0 Å². The lowest BCUT2D eigenvalue weighted by Gasteiger charge is -2.36. The van der Waals surface area contributed by atoms with E-state index in [1.54, 1.807) is 14.2 Å². The van der Waals surface area contributed by atoms with E-state index in [0.717, 1.165) is 85.6 Å². The Morgan fingerprint density at radius 1 is 0.977 bits per heavy atom. The smallest absolute Gasteiger partial charge is 0.251 e. The Balaban J connectivity index is 1.49. The molecule has 1 aliphatic carbocycles. The van der Waals surface area contributed by atoms with Gasteiger partial charge in [0.15, 0.2) is 0 Å². The normalized spacial score (nSPS) is 17.9. The number of piperazine rings is 1. The Labute approximate surface area is 261 Å². The topological polar surface area (TPSA) is 70.1 Å². The SMILES string of the molecule is CNC(=O)c1ccc2c(C3CCCCC3)c3n(c2c1)CC(C(=O)N1CCN(CCN(C)C)CC1)=C(C)c1cc(OC)ccc1-3. The van der Waals surface area contributed by atoms with Gasteiger partial charge < -0.3 is 24.4 Å². The van der Waals surface area contributed by atoms with Crippen LogP contribution in [0.15, 0.2) is 42.0 Å². The number of nitrogens with zero attached hydrogens (tertiary/aromatic N) is 4. The fraction of sp³-hybridized carbons (Fsp3) is 0.500. The number of allylic oxidation sites excluding steroid dienone is 1. The molecular formula is C36H47N5O3. The summed E-state index contributed by atoms with van der Waals surface area (Å²) in [5.74, 6) is 1.24. The molecule has 1 N–H and O–H groups in total. The van der Waals surface area contributed by atoms with Gasteiger partial charge in [-0.25, -0.2) is 0 Å². The number of fused-ring (bicyclic) bond motifs is 5. The van der Waals surface area contributed by atoms with Crippen molar-refractivity contribution in [2.45, 2.75) is 51.5 Å². The number of amides is 2. The van der Waals surface area contributed by atoms with Gasteiger partial charge in [0.1, 0.15) is 5.75 Å². The van der Waals surface area contributed by atoms with Crippen LogP contribution < -0.4 is 10.1 Å². The standard InChI is InChI=1S/C36H47N5O3/c1-24-30-22-27(44-5)12-14-28(30)34-33(25-9-7-6-8-10-25)29-13-11-26(35(42)37-2)21-32(29)41(34)23-31(24)36(43)40-19-17-39(18-20-40)16-15-38(3)4/h11-14,21-22,25H,6-10,15-20,23H2,1-5H3,(H,37,42). The maximum absolute atomic E-state index is 14.5. The number of hydrogen-bond acceptors (Lipinski definition) is 5. The van der Waals surface area contributed by atoms with Crippen molar-refractivity contribution in [1.82, 2.24) is 24.6 Å². The first-order chi connectivity index (χ1) is 21.3. The first-order valence-corrected chi connectivity index (χ1v) is 16.2. The Morgan fingerprint density at radius 3 is 2.41 bits per heavy atom. The van der Waals surface area contributed by atoms with Gasteiger partial charge in [0.05, 0.1) is 19.3 Å². The van der Waals surface area contributed by atoms with Crippen LogP contribution in [0.1, 0.15) is 66.4 Å². The van der Waals surface area contributed by atoms with Gasteiger partial charge in [-0.15, -0.1) is 0 Å². The second-order valence-electron chi connectivity index (χ2n) is 12.9. The molecule has 2 aliphatic heterocycles. The van der Waals surface area contributed by atoms with E-state index in [0.29, 0.717) is 18.0 Å². The molecule has 8 heteroatoms. The summed E-state index contributed by atoms with van der Waals surface area (Å²) in [6, 6.07) is 12.4. The third-order valence-electron chi connectivity index (χ3n) is 10.0. The molecule has 0 unspecified atom stereocenters. The van der Waals surface area contributed by atoms with Gasteiger partial charge in [-0.05, 0) is 86.8 Å². The van der Waals surface area contributed by atoms with E-state index in [-0.39, 0.29) is 11.8 Å². The van der Waals surface area contributed by atoms with Gasteiger partial charge in [-0.1, -0.05) is 25.3 Å². The van der Waals surface area contributed by atoms with Crippen molar-refractivity contribution in [1.29, 1.82) is 0 Å². The van der Waals surface area contributed by atoms with Crippen LogP contribution in [0.5, 0.6) is 5.75 Å². The Morgan fingerprint density at radius 2 is 1.73 bits per heavy atom. The van der Waals surface area contributed by atoms with E-state index in [9.17, 15) is 9.59 Å². The average molecular weight is 598 g/mol. The Kier molecular flexibility index (Phi) is 8.83. The van der Waals surface area contributed by atoms with E-state index in [4.69, 9.17) is 4.74 Å². The number of methoxy groups -OCH3 is 1. The lowest BCUT2D eigenvalue weighted by Crippen LogP contribution is -2.50. The number of likely N-dealkylation sites (N-methyl/N-ethyl adjacent to an activating group) is 1. The minimum atomic E-state index is -0.101. The molecule has 1 aromatic heterocycles. The zero-order chi connectivity index (χ0) is 31.0. The molecule has 2 amide bonds. The minimum absolute atomic E-state index is 0.101. The van der Waals surface area contributed by atoms with Crippen LogP contribution in [-0.2, 0) is 11.3 Å². The first kappa shape index (κ1) is 30.4. The average Bonchev–Trinajstić information content (AvgIpc) is 3.31. The minimum Gasteiger partial charge on any atom is -0.497 e. The molecule has 3 heterocycles. The maximum atomic E-state index is 14.5. The zero-order valence-electron chi connectivity index (χ0n) is 27.0. The van der Waals surface area contributed by atoms with Crippen molar-refractivity contribution in [3.05, 3.63) is 58.7 Å². The van der Waals surface area contributed by atoms with Gasteiger partial charge in [-0.3, -0.25) is 14.5 Å². The maximum Gasteiger partial charge on any atom is 0.251 e. The second-order valence-corrected chi connectivity index (χ2v) is 12.9. The fourth-order valence-corrected chi connectivity index (χ4v) is 7.46. The number of nitrogens with one attached hydrogen (secondary N) is 1. The van der Waals surface area contributed by atoms with Crippen molar-refractivity contribution in [3.8, 4) is 17.0 Å².